The first-order valence-electron chi connectivity index (χ1n) is 4.58. The maximum absolute atomic E-state index is 11.1. The van der Waals surface area contributed by atoms with Crippen molar-refractivity contribution in [2.45, 2.75) is 20.3 Å². The van der Waals surface area contributed by atoms with Gasteiger partial charge in [-0.25, -0.2) is 9.66 Å². The fourth-order valence-corrected chi connectivity index (χ4v) is 0.943. The van der Waals surface area contributed by atoms with E-state index in [1.165, 1.54) is 12.7 Å². The number of nitrogen functional groups attached to an aromatic ring is 2. The molecule has 0 saturated carbocycles. The molecule has 2 aromatic rings. The summed E-state index contributed by atoms with van der Waals surface area (Å²) in [4.78, 5) is 20.9. The zero-order chi connectivity index (χ0) is 11.4. The second-order valence-electron chi connectivity index (χ2n) is 2.98. The average molecular weight is 210 g/mol. The SMILES string of the molecule is CCC.Nc1nc2c(ncn2N)c(=O)[nH]1. The van der Waals surface area contributed by atoms with Crippen molar-refractivity contribution in [2.75, 3.05) is 11.6 Å². The van der Waals surface area contributed by atoms with E-state index in [0.717, 1.165) is 4.68 Å². The first-order chi connectivity index (χ1) is 7.10. The molecular weight excluding hydrogens is 196 g/mol. The summed E-state index contributed by atoms with van der Waals surface area (Å²) in [5.74, 6) is 5.42. The van der Waals surface area contributed by atoms with Crippen LogP contribution in [0.15, 0.2) is 11.1 Å². The first-order valence-corrected chi connectivity index (χ1v) is 4.58. The van der Waals surface area contributed by atoms with Crippen molar-refractivity contribution in [3.8, 4) is 0 Å². The molecule has 0 bridgehead atoms. The molecule has 15 heavy (non-hydrogen) atoms. The summed E-state index contributed by atoms with van der Waals surface area (Å²) in [6.45, 7) is 4.25. The number of H-pyrrole nitrogens is 1. The van der Waals surface area contributed by atoms with E-state index in [1.807, 2.05) is 0 Å². The number of hydrogen-bond acceptors (Lipinski definition) is 5. The van der Waals surface area contributed by atoms with Crippen LogP contribution in [0.3, 0.4) is 0 Å². The van der Waals surface area contributed by atoms with Gasteiger partial charge in [0.1, 0.15) is 6.33 Å². The number of hydrogen-bond donors (Lipinski definition) is 3. The lowest BCUT2D eigenvalue weighted by Crippen LogP contribution is -2.14. The summed E-state index contributed by atoms with van der Waals surface area (Å²) in [5, 5.41) is 0. The second kappa shape index (κ2) is 4.45. The Labute approximate surface area is 86.1 Å². The smallest absolute Gasteiger partial charge is 0.280 e. The standard InChI is InChI=1S/C5H6N6O.C3H8/c6-5-9-3-2(4(12)10-5)8-1-11(3)7;1-3-2/h1H,7H2,(H3,6,9,10,12);3H2,1-2H3. The van der Waals surface area contributed by atoms with E-state index in [4.69, 9.17) is 11.6 Å². The molecule has 2 heterocycles. The summed E-state index contributed by atoms with van der Waals surface area (Å²) in [7, 11) is 0. The van der Waals surface area contributed by atoms with Crippen LogP contribution in [0.25, 0.3) is 11.2 Å². The van der Waals surface area contributed by atoms with Crippen molar-refractivity contribution in [2.24, 2.45) is 0 Å². The lowest BCUT2D eigenvalue weighted by molar-refractivity contribution is 1.01. The molecule has 0 fully saturated rings. The minimum absolute atomic E-state index is 0.0275. The predicted molar refractivity (Wildman–Crippen MR) is 58.7 cm³/mol. The molecule has 2 aromatic heterocycles. The van der Waals surface area contributed by atoms with Gasteiger partial charge in [-0.2, -0.15) is 4.98 Å². The Morgan fingerprint density at radius 3 is 2.73 bits per heavy atom. The van der Waals surface area contributed by atoms with Gasteiger partial charge in [0, 0.05) is 0 Å². The van der Waals surface area contributed by atoms with Gasteiger partial charge in [0.2, 0.25) is 5.95 Å². The Bertz CT molecular complexity index is 499. The van der Waals surface area contributed by atoms with Crippen molar-refractivity contribution in [1.82, 2.24) is 19.6 Å². The van der Waals surface area contributed by atoms with Crippen LogP contribution >= 0.6 is 0 Å². The monoisotopic (exact) mass is 210 g/mol. The van der Waals surface area contributed by atoms with Crippen molar-refractivity contribution >= 4 is 17.1 Å². The van der Waals surface area contributed by atoms with Crippen LogP contribution < -0.4 is 17.1 Å². The molecule has 0 atom stereocenters. The molecule has 0 aliphatic heterocycles. The molecule has 0 aromatic carbocycles. The third kappa shape index (κ3) is 2.25. The number of anilines is 1. The zero-order valence-electron chi connectivity index (χ0n) is 8.69. The van der Waals surface area contributed by atoms with Crippen molar-refractivity contribution in [3.05, 3.63) is 16.7 Å². The average Bonchev–Trinajstić information content (AvgIpc) is 2.49. The summed E-state index contributed by atoms with van der Waals surface area (Å²) in [6, 6.07) is 0. The van der Waals surface area contributed by atoms with Gasteiger partial charge in [0.05, 0.1) is 0 Å². The van der Waals surface area contributed by atoms with Crippen LogP contribution in [0.2, 0.25) is 0 Å². The topological polar surface area (TPSA) is 116 Å². The highest BCUT2D eigenvalue weighted by molar-refractivity contribution is 5.70. The summed E-state index contributed by atoms with van der Waals surface area (Å²) in [6.07, 6.45) is 2.55. The Balaban J connectivity index is 0.000000337. The van der Waals surface area contributed by atoms with Crippen LogP contribution in [-0.2, 0) is 0 Å². The molecule has 0 amide bonds. The number of aromatic nitrogens is 4. The molecule has 82 valence electrons. The Kier molecular flexibility index (Phi) is 3.27. The molecule has 7 heteroatoms. The number of imidazole rings is 1. The number of nitrogens with zero attached hydrogens (tertiary/aromatic N) is 3. The van der Waals surface area contributed by atoms with Crippen LogP contribution in [0.1, 0.15) is 20.3 Å². The van der Waals surface area contributed by atoms with E-state index in [1.54, 1.807) is 0 Å². The van der Waals surface area contributed by atoms with E-state index >= 15 is 0 Å². The molecule has 2 rings (SSSR count). The minimum atomic E-state index is -0.387. The molecule has 0 unspecified atom stereocenters. The van der Waals surface area contributed by atoms with Gasteiger partial charge in [-0.1, -0.05) is 20.3 Å². The highest BCUT2D eigenvalue weighted by Gasteiger charge is 2.06. The number of nitrogens with one attached hydrogen (secondary N) is 1. The predicted octanol–water partition coefficient (Wildman–Crippen LogP) is -0.168. The normalized spacial score (nSPS) is 9.73. The fourth-order valence-electron chi connectivity index (χ4n) is 0.943. The summed E-state index contributed by atoms with van der Waals surface area (Å²) in [5.41, 5.74) is 5.36. The maximum atomic E-state index is 11.1. The zero-order valence-corrected chi connectivity index (χ0v) is 8.69. The van der Waals surface area contributed by atoms with Crippen LogP contribution in [0, 0.1) is 0 Å². The van der Waals surface area contributed by atoms with Gasteiger partial charge in [-0.3, -0.25) is 9.78 Å². The van der Waals surface area contributed by atoms with E-state index in [0.29, 0.717) is 0 Å². The molecule has 0 saturated heterocycles. The van der Waals surface area contributed by atoms with Gasteiger partial charge < -0.3 is 11.6 Å². The molecule has 0 spiro atoms. The number of nitrogens with two attached hydrogens (primary N) is 2. The second-order valence-corrected chi connectivity index (χ2v) is 2.98. The molecular formula is C8H14N6O. The van der Waals surface area contributed by atoms with Crippen LogP contribution in [-0.4, -0.2) is 19.6 Å². The fraction of sp³-hybridized carbons (Fsp3) is 0.375. The van der Waals surface area contributed by atoms with E-state index in [2.05, 4.69) is 28.8 Å². The third-order valence-corrected chi connectivity index (χ3v) is 1.45. The first kappa shape index (κ1) is 11.0. The van der Waals surface area contributed by atoms with Gasteiger partial charge >= 0.3 is 0 Å². The van der Waals surface area contributed by atoms with Gasteiger partial charge in [0.25, 0.3) is 5.56 Å². The molecule has 0 radical (unpaired) electrons. The Morgan fingerprint density at radius 2 is 2.13 bits per heavy atom. The molecule has 5 N–H and O–H groups in total. The highest BCUT2D eigenvalue weighted by Crippen LogP contribution is 2.01. The van der Waals surface area contributed by atoms with E-state index in [-0.39, 0.29) is 22.7 Å². The Morgan fingerprint density at radius 1 is 1.53 bits per heavy atom. The number of fused-ring (bicyclic) bond motifs is 1. The van der Waals surface area contributed by atoms with Gasteiger partial charge in [0.15, 0.2) is 11.2 Å². The van der Waals surface area contributed by atoms with E-state index < -0.39 is 0 Å². The minimum Gasteiger partial charge on any atom is -0.369 e. The molecule has 0 aliphatic carbocycles. The number of rotatable bonds is 0. The molecule has 0 aliphatic rings. The van der Waals surface area contributed by atoms with Crippen molar-refractivity contribution in [1.29, 1.82) is 0 Å². The quantitative estimate of drug-likeness (QED) is 0.522. The summed E-state index contributed by atoms with van der Waals surface area (Å²) >= 11 is 0. The molecule has 7 nitrogen and oxygen atoms in total. The van der Waals surface area contributed by atoms with Gasteiger partial charge in [-0.15, -0.1) is 0 Å². The number of aromatic amines is 1. The van der Waals surface area contributed by atoms with Crippen molar-refractivity contribution in [3.63, 3.8) is 0 Å². The van der Waals surface area contributed by atoms with E-state index in [9.17, 15) is 4.79 Å². The van der Waals surface area contributed by atoms with Crippen LogP contribution in [0.5, 0.6) is 0 Å². The largest absolute Gasteiger partial charge is 0.369 e. The van der Waals surface area contributed by atoms with Crippen LogP contribution in [0.4, 0.5) is 5.95 Å². The maximum Gasteiger partial charge on any atom is 0.280 e. The lowest BCUT2D eigenvalue weighted by atomic mass is 10.5. The van der Waals surface area contributed by atoms with Gasteiger partial charge in [-0.05, 0) is 0 Å². The highest BCUT2D eigenvalue weighted by atomic mass is 16.1. The summed E-state index contributed by atoms with van der Waals surface area (Å²) < 4.78 is 1.14. The Hall–Kier alpha value is -2.05. The third-order valence-electron chi connectivity index (χ3n) is 1.45. The lowest BCUT2D eigenvalue weighted by Gasteiger charge is -1.93. The van der Waals surface area contributed by atoms with Crippen molar-refractivity contribution < 1.29 is 0 Å².